The van der Waals surface area contributed by atoms with Crippen LogP contribution in [0.25, 0.3) is 11.4 Å². The molecule has 0 bridgehead atoms. The molecule has 2 aromatic heterocycles. The monoisotopic (exact) mass is 486 g/mol. The van der Waals surface area contributed by atoms with Crippen molar-refractivity contribution in [2.75, 3.05) is 5.32 Å². The molecule has 0 aliphatic carbocycles. The second-order valence-electron chi connectivity index (χ2n) is 8.93. The Morgan fingerprint density at radius 2 is 1.53 bits per heavy atom. The van der Waals surface area contributed by atoms with E-state index in [-0.39, 0.29) is 11.2 Å². The molecule has 186 valence electrons. The highest BCUT2D eigenvalue weighted by Gasteiger charge is 2.25. The number of benzene rings is 2. The zero-order valence-electron chi connectivity index (χ0n) is 21.3. The van der Waals surface area contributed by atoms with Crippen molar-refractivity contribution in [1.29, 1.82) is 0 Å². The Hall–Kier alpha value is -4.33. The number of nitrogens with one attached hydrogen (secondary N) is 1. The molecule has 8 nitrogen and oxygen atoms in total. The molecule has 0 radical (unpaired) electrons. The van der Waals surface area contributed by atoms with Crippen molar-refractivity contribution in [2.24, 2.45) is 7.05 Å². The van der Waals surface area contributed by atoms with E-state index in [4.69, 9.17) is 4.74 Å². The molecule has 2 heterocycles. The average Bonchev–Trinajstić information content (AvgIpc) is 3.27. The van der Waals surface area contributed by atoms with E-state index in [9.17, 15) is 14.4 Å². The normalized spacial score (nSPS) is 11.8. The van der Waals surface area contributed by atoms with Crippen molar-refractivity contribution in [2.45, 2.75) is 40.7 Å². The fourth-order valence-electron chi connectivity index (χ4n) is 4.28. The molecule has 8 heteroatoms. The summed E-state index contributed by atoms with van der Waals surface area (Å²) < 4.78 is 10.6. The zero-order valence-corrected chi connectivity index (χ0v) is 21.3. The minimum atomic E-state index is -1.11. The van der Waals surface area contributed by atoms with Crippen molar-refractivity contribution < 1.29 is 14.3 Å². The van der Waals surface area contributed by atoms with Crippen LogP contribution in [-0.2, 0) is 16.6 Å². The summed E-state index contributed by atoms with van der Waals surface area (Å²) in [6.07, 6.45) is -1.11. The number of rotatable bonds is 6. The summed E-state index contributed by atoms with van der Waals surface area (Å²) in [5.74, 6) is -1.18. The summed E-state index contributed by atoms with van der Waals surface area (Å²) in [6.45, 7) is 9.00. The Kier molecular flexibility index (Phi) is 6.70. The van der Waals surface area contributed by atoms with E-state index in [2.05, 4.69) is 5.32 Å². The van der Waals surface area contributed by atoms with Crippen molar-refractivity contribution in [1.82, 2.24) is 13.9 Å². The van der Waals surface area contributed by atoms with E-state index >= 15 is 0 Å². The van der Waals surface area contributed by atoms with Crippen LogP contribution in [0.1, 0.15) is 39.9 Å². The Bertz CT molecular complexity index is 1490. The fourth-order valence-corrected chi connectivity index (χ4v) is 4.28. The molecule has 0 aliphatic rings. The molecular formula is C28H30N4O4. The first kappa shape index (κ1) is 24.8. The number of esters is 1. The number of amides is 1. The molecule has 4 rings (SSSR count). The molecule has 1 atom stereocenters. The van der Waals surface area contributed by atoms with Crippen LogP contribution in [0.15, 0.2) is 65.5 Å². The van der Waals surface area contributed by atoms with Gasteiger partial charge in [0.15, 0.2) is 6.10 Å². The molecule has 0 spiro atoms. The molecule has 2 aromatic carbocycles. The SMILES string of the molecule is Cc1ccc(-n2c(C)cc(C(=O)OC(C)C(=O)Nc3c(C)n(C)n(-c4ccccc4)c3=O)c2C)cc1. The molecule has 0 aliphatic heterocycles. The van der Waals surface area contributed by atoms with Crippen LogP contribution in [-0.4, -0.2) is 31.9 Å². The lowest BCUT2D eigenvalue weighted by molar-refractivity contribution is -0.123. The maximum absolute atomic E-state index is 13.1. The number of aromatic nitrogens is 3. The lowest BCUT2D eigenvalue weighted by atomic mass is 10.2. The minimum absolute atomic E-state index is 0.145. The number of anilines is 1. The van der Waals surface area contributed by atoms with E-state index in [1.165, 1.54) is 11.6 Å². The number of carbonyl (C=O) groups is 2. The van der Waals surface area contributed by atoms with Crippen LogP contribution in [0, 0.1) is 27.7 Å². The molecule has 0 fully saturated rings. The van der Waals surface area contributed by atoms with Gasteiger partial charge in [0.2, 0.25) is 0 Å². The highest BCUT2D eigenvalue weighted by atomic mass is 16.5. The highest BCUT2D eigenvalue weighted by molar-refractivity contribution is 5.98. The Labute approximate surface area is 209 Å². The van der Waals surface area contributed by atoms with Gasteiger partial charge in [0.05, 0.1) is 16.9 Å². The van der Waals surface area contributed by atoms with Gasteiger partial charge in [0.25, 0.3) is 11.5 Å². The summed E-state index contributed by atoms with van der Waals surface area (Å²) in [5, 5.41) is 2.65. The van der Waals surface area contributed by atoms with Crippen molar-refractivity contribution in [3.05, 3.63) is 99.2 Å². The van der Waals surface area contributed by atoms with E-state index in [1.54, 1.807) is 24.7 Å². The van der Waals surface area contributed by atoms with E-state index in [0.29, 0.717) is 16.9 Å². The molecule has 36 heavy (non-hydrogen) atoms. The Morgan fingerprint density at radius 3 is 2.17 bits per heavy atom. The van der Waals surface area contributed by atoms with Gasteiger partial charge in [-0.05, 0) is 65.0 Å². The van der Waals surface area contributed by atoms with Gasteiger partial charge in [0.1, 0.15) is 5.69 Å². The first-order chi connectivity index (χ1) is 17.1. The summed E-state index contributed by atoms with van der Waals surface area (Å²) in [5.41, 5.74) is 5.10. The van der Waals surface area contributed by atoms with Gasteiger partial charge in [0, 0.05) is 24.1 Å². The van der Waals surface area contributed by atoms with Crippen LogP contribution in [0.2, 0.25) is 0 Å². The van der Waals surface area contributed by atoms with Gasteiger partial charge in [-0.3, -0.25) is 14.3 Å². The third-order valence-electron chi connectivity index (χ3n) is 6.40. The van der Waals surface area contributed by atoms with E-state index in [0.717, 1.165) is 22.6 Å². The Morgan fingerprint density at radius 1 is 0.889 bits per heavy atom. The zero-order chi connectivity index (χ0) is 26.1. The van der Waals surface area contributed by atoms with Crippen LogP contribution in [0.4, 0.5) is 5.69 Å². The average molecular weight is 487 g/mol. The first-order valence-electron chi connectivity index (χ1n) is 11.7. The predicted molar refractivity (Wildman–Crippen MR) is 139 cm³/mol. The summed E-state index contributed by atoms with van der Waals surface area (Å²) in [6, 6.07) is 18.9. The van der Waals surface area contributed by atoms with Crippen LogP contribution in [0.3, 0.4) is 0 Å². The largest absolute Gasteiger partial charge is 0.449 e. The molecule has 1 N–H and O–H groups in total. The van der Waals surface area contributed by atoms with Gasteiger partial charge in [-0.2, -0.15) is 0 Å². The third kappa shape index (κ3) is 4.49. The molecule has 1 unspecified atom stereocenters. The van der Waals surface area contributed by atoms with Gasteiger partial charge in [-0.25, -0.2) is 9.48 Å². The van der Waals surface area contributed by atoms with Crippen molar-refractivity contribution in [3.8, 4) is 11.4 Å². The molecule has 0 saturated heterocycles. The number of aryl methyl sites for hydroxylation is 2. The lowest BCUT2D eigenvalue weighted by Gasteiger charge is -2.14. The van der Waals surface area contributed by atoms with Gasteiger partial charge < -0.3 is 14.6 Å². The maximum Gasteiger partial charge on any atom is 0.340 e. The number of para-hydroxylation sites is 1. The number of hydrogen-bond acceptors (Lipinski definition) is 4. The van der Waals surface area contributed by atoms with Crippen LogP contribution >= 0.6 is 0 Å². The van der Waals surface area contributed by atoms with E-state index in [1.807, 2.05) is 79.9 Å². The first-order valence-corrected chi connectivity index (χ1v) is 11.7. The fraction of sp³-hybridized carbons (Fsp3) is 0.250. The summed E-state index contributed by atoms with van der Waals surface area (Å²) in [4.78, 5) is 38.9. The molecule has 4 aromatic rings. The maximum atomic E-state index is 13.1. The van der Waals surface area contributed by atoms with Crippen molar-refractivity contribution >= 4 is 17.6 Å². The number of carbonyl (C=O) groups excluding carboxylic acids is 2. The molecular weight excluding hydrogens is 456 g/mol. The molecule has 0 saturated carbocycles. The standard InChI is InChI=1S/C28H30N4O4/c1-17-12-14-22(15-13-17)31-18(2)16-24(19(31)3)28(35)36-21(5)26(33)29-25-20(4)30(6)32(27(25)34)23-10-8-7-9-11-23/h7-16,21H,1-6H3,(H,29,33). The number of nitrogens with zero attached hydrogens (tertiary/aromatic N) is 3. The van der Waals surface area contributed by atoms with Crippen molar-refractivity contribution in [3.63, 3.8) is 0 Å². The third-order valence-corrected chi connectivity index (χ3v) is 6.40. The summed E-state index contributed by atoms with van der Waals surface area (Å²) >= 11 is 0. The van der Waals surface area contributed by atoms with Gasteiger partial charge in [-0.15, -0.1) is 0 Å². The predicted octanol–water partition coefficient (Wildman–Crippen LogP) is 4.38. The van der Waals surface area contributed by atoms with Crippen LogP contribution in [0.5, 0.6) is 0 Å². The topological polar surface area (TPSA) is 87.3 Å². The van der Waals surface area contributed by atoms with E-state index < -0.39 is 18.0 Å². The minimum Gasteiger partial charge on any atom is -0.449 e. The molecule has 1 amide bonds. The smallest absolute Gasteiger partial charge is 0.340 e. The number of hydrogen-bond donors (Lipinski definition) is 1. The highest BCUT2D eigenvalue weighted by Crippen LogP contribution is 2.22. The second-order valence-corrected chi connectivity index (χ2v) is 8.93. The number of ether oxygens (including phenoxy) is 1. The lowest BCUT2D eigenvalue weighted by Crippen LogP contribution is -2.32. The van der Waals surface area contributed by atoms with Gasteiger partial charge in [-0.1, -0.05) is 35.9 Å². The quantitative estimate of drug-likeness (QED) is 0.410. The van der Waals surface area contributed by atoms with Gasteiger partial charge >= 0.3 is 5.97 Å². The Balaban J connectivity index is 1.52. The van der Waals surface area contributed by atoms with Crippen LogP contribution < -0.4 is 10.9 Å². The second kappa shape index (κ2) is 9.73. The summed E-state index contributed by atoms with van der Waals surface area (Å²) in [7, 11) is 1.74.